The SMILES string of the molecule is CCC=CCCCCCCCCC(N)CN(CC=O)C(=O)O. The lowest BCUT2D eigenvalue weighted by Gasteiger charge is -2.20. The van der Waals surface area contributed by atoms with Gasteiger partial charge in [0.2, 0.25) is 0 Å². The van der Waals surface area contributed by atoms with Crippen molar-refractivity contribution in [2.75, 3.05) is 13.1 Å². The zero-order valence-corrected chi connectivity index (χ0v) is 13.9. The summed E-state index contributed by atoms with van der Waals surface area (Å²) in [5.74, 6) is 0. The van der Waals surface area contributed by atoms with E-state index in [0.29, 0.717) is 6.29 Å². The molecular formula is C17H32N2O3. The molecule has 5 heteroatoms. The smallest absolute Gasteiger partial charge is 0.407 e. The maximum absolute atomic E-state index is 10.9. The maximum Gasteiger partial charge on any atom is 0.407 e. The summed E-state index contributed by atoms with van der Waals surface area (Å²) in [4.78, 5) is 22.3. The highest BCUT2D eigenvalue weighted by molar-refractivity contribution is 5.69. The van der Waals surface area contributed by atoms with Gasteiger partial charge in [-0.05, 0) is 25.7 Å². The van der Waals surface area contributed by atoms with E-state index < -0.39 is 6.09 Å². The third kappa shape index (κ3) is 12.4. The minimum atomic E-state index is -1.08. The summed E-state index contributed by atoms with van der Waals surface area (Å²) in [6.07, 6.45) is 14.2. The fourth-order valence-electron chi connectivity index (χ4n) is 2.36. The molecule has 1 unspecified atom stereocenters. The predicted molar refractivity (Wildman–Crippen MR) is 90.0 cm³/mol. The lowest BCUT2D eigenvalue weighted by atomic mass is 10.0. The Kier molecular flexibility index (Phi) is 13.7. The monoisotopic (exact) mass is 312 g/mol. The first kappa shape index (κ1) is 20.6. The standard InChI is InChI=1S/C17H32N2O3/c1-2-3-4-5-6-7-8-9-10-11-12-16(18)15-19(13-14-20)17(21)22/h3-4,14,16H,2,5-13,15,18H2,1H3,(H,21,22). The van der Waals surface area contributed by atoms with Crippen LogP contribution in [-0.2, 0) is 4.79 Å². The van der Waals surface area contributed by atoms with Gasteiger partial charge < -0.3 is 15.6 Å². The molecule has 0 spiro atoms. The van der Waals surface area contributed by atoms with Crippen LogP contribution >= 0.6 is 0 Å². The average molecular weight is 312 g/mol. The molecule has 0 aliphatic carbocycles. The number of hydrogen-bond donors (Lipinski definition) is 2. The van der Waals surface area contributed by atoms with Crippen molar-refractivity contribution >= 4 is 12.4 Å². The molecule has 0 saturated heterocycles. The number of amides is 1. The van der Waals surface area contributed by atoms with Gasteiger partial charge in [-0.3, -0.25) is 4.90 Å². The summed E-state index contributed by atoms with van der Waals surface area (Å²) in [7, 11) is 0. The summed E-state index contributed by atoms with van der Waals surface area (Å²) in [5, 5.41) is 8.91. The van der Waals surface area contributed by atoms with Crippen LogP contribution in [0.3, 0.4) is 0 Å². The van der Waals surface area contributed by atoms with Gasteiger partial charge in [0, 0.05) is 12.6 Å². The van der Waals surface area contributed by atoms with Crippen molar-refractivity contribution < 1.29 is 14.7 Å². The lowest BCUT2D eigenvalue weighted by Crippen LogP contribution is -2.41. The van der Waals surface area contributed by atoms with E-state index >= 15 is 0 Å². The molecule has 0 aromatic heterocycles. The molecule has 0 heterocycles. The van der Waals surface area contributed by atoms with Gasteiger partial charge in [0.1, 0.15) is 6.29 Å². The molecule has 0 saturated carbocycles. The summed E-state index contributed by atoms with van der Waals surface area (Å²) in [6, 6.07) is -0.185. The highest BCUT2D eigenvalue weighted by Crippen LogP contribution is 2.10. The van der Waals surface area contributed by atoms with Crippen LogP contribution in [0.1, 0.15) is 64.7 Å². The Labute approximate surface area is 134 Å². The number of hydrogen-bond acceptors (Lipinski definition) is 3. The Bertz CT molecular complexity index is 319. The zero-order chi connectivity index (χ0) is 16.6. The topological polar surface area (TPSA) is 83.6 Å². The van der Waals surface area contributed by atoms with Crippen LogP contribution < -0.4 is 5.73 Å². The second-order valence-corrected chi connectivity index (χ2v) is 5.69. The number of unbranched alkanes of at least 4 members (excludes halogenated alkanes) is 6. The summed E-state index contributed by atoms with van der Waals surface area (Å²) < 4.78 is 0. The van der Waals surface area contributed by atoms with Crippen molar-refractivity contribution in [3.8, 4) is 0 Å². The van der Waals surface area contributed by atoms with Crippen molar-refractivity contribution in [2.24, 2.45) is 5.73 Å². The average Bonchev–Trinajstić information content (AvgIpc) is 2.48. The molecule has 0 radical (unpaired) electrons. The van der Waals surface area contributed by atoms with Crippen molar-refractivity contribution in [3.05, 3.63) is 12.2 Å². The van der Waals surface area contributed by atoms with E-state index in [0.717, 1.165) is 30.6 Å². The minimum Gasteiger partial charge on any atom is -0.465 e. The number of carbonyl (C=O) groups is 2. The fourth-order valence-corrected chi connectivity index (χ4v) is 2.36. The molecule has 1 atom stereocenters. The van der Waals surface area contributed by atoms with Crippen LogP contribution in [0, 0.1) is 0 Å². The Balaban J connectivity index is 3.52. The van der Waals surface area contributed by atoms with Gasteiger partial charge in [0.15, 0.2) is 0 Å². The molecular weight excluding hydrogens is 280 g/mol. The Morgan fingerprint density at radius 3 is 2.36 bits per heavy atom. The fraction of sp³-hybridized carbons (Fsp3) is 0.765. The Hall–Kier alpha value is -1.36. The van der Waals surface area contributed by atoms with E-state index in [1.54, 1.807) is 0 Å². The molecule has 128 valence electrons. The minimum absolute atomic E-state index is 0.102. The first-order valence-electron chi connectivity index (χ1n) is 8.43. The van der Waals surface area contributed by atoms with Gasteiger partial charge >= 0.3 is 6.09 Å². The van der Waals surface area contributed by atoms with Crippen LogP contribution in [-0.4, -0.2) is 41.5 Å². The van der Waals surface area contributed by atoms with E-state index in [2.05, 4.69) is 19.1 Å². The molecule has 0 rings (SSSR count). The third-order valence-electron chi connectivity index (χ3n) is 3.62. The summed E-state index contributed by atoms with van der Waals surface area (Å²) in [6.45, 7) is 2.28. The van der Waals surface area contributed by atoms with Gasteiger partial charge in [0.25, 0.3) is 0 Å². The molecule has 1 amide bonds. The lowest BCUT2D eigenvalue weighted by molar-refractivity contribution is -0.108. The van der Waals surface area contributed by atoms with E-state index in [4.69, 9.17) is 10.8 Å². The first-order valence-corrected chi connectivity index (χ1v) is 8.43. The van der Waals surface area contributed by atoms with Crippen molar-refractivity contribution in [1.82, 2.24) is 4.90 Å². The molecule has 0 fully saturated rings. The van der Waals surface area contributed by atoms with Crippen molar-refractivity contribution in [1.29, 1.82) is 0 Å². The van der Waals surface area contributed by atoms with E-state index in [-0.39, 0.29) is 19.1 Å². The number of nitrogens with zero attached hydrogens (tertiary/aromatic N) is 1. The first-order chi connectivity index (χ1) is 10.6. The van der Waals surface area contributed by atoms with Crippen molar-refractivity contribution in [3.63, 3.8) is 0 Å². The second-order valence-electron chi connectivity index (χ2n) is 5.69. The molecule has 22 heavy (non-hydrogen) atoms. The molecule has 0 aromatic rings. The van der Waals surface area contributed by atoms with Crippen LogP contribution in [0.2, 0.25) is 0 Å². The highest BCUT2D eigenvalue weighted by Gasteiger charge is 2.14. The molecule has 0 aliphatic heterocycles. The van der Waals surface area contributed by atoms with Crippen molar-refractivity contribution in [2.45, 2.75) is 70.8 Å². The molecule has 5 nitrogen and oxygen atoms in total. The summed E-state index contributed by atoms with van der Waals surface area (Å²) >= 11 is 0. The highest BCUT2D eigenvalue weighted by atomic mass is 16.4. The van der Waals surface area contributed by atoms with Gasteiger partial charge in [-0.15, -0.1) is 0 Å². The number of aldehydes is 1. The van der Waals surface area contributed by atoms with Gasteiger partial charge in [-0.2, -0.15) is 0 Å². The third-order valence-corrected chi connectivity index (χ3v) is 3.62. The van der Waals surface area contributed by atoms with Crippen LogP contribution in [0.15, 0.2) is 12.2 Å². The normalized spacial score (nSPS) is 12.5. The molecule has 0 bridgehead atoms. The van der Waals surface area contributed by atoms with E-state index in [1.165, 1.54) is 32.1 Å². The van der Waals surface area contributed by atoms with Gasteiger partial charge in [-0.1, -0.05) is 51.2 Å². The van der Waals surface area contributed by atoms with E-state index in [1.807, 2.05) is 0 Å². The zero-order valence-electron chi connectivity index (χ0n) is 13.9. The Morgan fingerprint density at radius 1 is 1.14 bits per heavy atom. The van der Waals surface area contributed by atoms with Gasteiger partial charge in [-0.25, -0.2) is 4.79 Å². The number of carbonyl (C=O) groups excluding carboxylic acids is 1. The molecule has 0 aliphatic rings. The quantitative estimate of drug-likeness (QED) is 0.292. The van der Waals surface area contributed by atoms with Crippen LogP contribution in [0.4, 0.5) is 4.79 Å². The number of allylic oxidation sites excluding steroid dienone is 2. The largest absolute Gasteiger partial charge is 0.465 e. The van der Waals surface area contributed by atoms with E-state index in [9.17, 15) is 9.59 Å². The van der Waals surface area contributed by atoms with Crippen LogP contribution in [0.5, 0.6) is 0 Å². The number of carboxylic acid groups (broad SMARTS) is 1. The number of rotatable bonds is 14. The molecule has 0 aromatic carbocycles. The Morgan fingerprint density at radius 2 is 1.77 bits per heavy atom. The second kappa shape index (κ2) is 14.6. The summed E-state index contributed by atoms with van der Waals surface area (Å²) in [5.41, 5.74) is 5.92. The predicted octanol–water partition coefficient (Wildman–Crippen LogP) is 3.58. The van der Waals surface area contributed by atoms with Crippen LogP contribution in [0.25, 0.3) is 0 Å². The number of nitrogens with two attached hydrogens (primary N) is 1. The molecule has 3 N–H and O–H groups in total. The maximum atomic E-state index is 10.9. The van der Waals surface area contributed by atoms with Gasteiger partial charge in [0.05, 0.1) is 6.54 Å².